The van der Waals surface area contributed by atoms with Gasteiger partial charge in [-0.2, -0.15) is 0 Å². The molecule has 0 aromatic heterocycles. The lowest BCUT2D eigenvalue weighted by Gasteiger charge is -2.04. The van der Waals surface area contributed by atoms with Gasteiger partial charge in [-0.05, 0) is 29.3 Å². The summed E-state index contributed by atoms with van der Waals surface area (Å²) in [5, 5.41) is 0.529. The number of hydrogen-bond donors (Lipinski definition) is 0. The van der Waals surface area contributed by atoms with Crippen molar-refractivity contribution < 1.29 is 13.6 Å². The lowest BCUT2D eigenvalue weighted by Crippen LogP contribution is -2.07. The maximum Gasteiger partial charge on any atom is 0.159 e. The van der Waals surface area contributed by atoms with Crippen LogP contribution in [0.25, 0.3) is 0 Å². The van der Waals surface area contributed by atoms with E-state index in [-0.39, 0.29) is 18.6 Å². The fourth-order valence-electron chi connectivity index (χ4n) is 1.79. The number of rotatable bonds is 4. The largest absolute Gasteiger partial charge is 0.299 e. The molecule has 19 heavy (non-hydrogen) atoms. The van der Waals surface area contributed by atoms with Crippen LogP contribution in [0.15, 0.2) is 42.5 Å². The molecule has 2 aromatic carbocycles. The van der Waals surface area contributed by atoms with E-state index in [0.29, 0.717) is 10.6 Å². The van der Waals surface area contributed by atoms with Crippen molar-refractivity contribution in [2.24, 2.45) is 0 Å². The lowest BCUT2D eigenvalue weighted by atomic mass is 10.0. The van der Waals surface area contributed by atoms with Crippen molar-refractivity contribution >= 4 is 17.4 Å². The zero-order valence-electron chi connectivity index (χ0n) is 10.00. The predicted octanol–water partition coefficient (Wildman–Crippen LogP) is 3.97. The van der Waals surface area contributed by atoms with Crippen LogP contribution in [0.4, 0.5) is 8.78 Å². The van der Waals surface area contributed by atoms with Gasteiger partial charge in [0.1, 0.15) is 5.78 Å². The van der Waals surface area contributed by atoms with Crippen molar-refractivity contribution in [3.63, 3.8) is 0 Å². The molecule has 0 fully saturated rings. The van der Waals surface area contributed by atoms with E-state index in [2.05, 4.69) is 0 Å². The van der Waals surface area contributed by atoms with E-state index in [1.807, 2.05) is 0 Å². The van der Waals surface area contributed by atoms with Gasteiger partial charge in [-0.15, -0.1) is 0 Å². The fraction of sp³-hybridized carbons (Fsp3) is 0.133. The Morgan fingerprint density at radius 3 is 2.42 bits per heavy atom. The first-order chi connectivity index (χ1) is 9.06. The Kier molecular flexibility index (Phi) is 4.27. The molecular formula is C15H11ClF2O. The molecule has 0 bridgehead atoms. The smallest absolute Gasteiger partial charge is 0.159 e. The zero-order chi connectivity index (χ0) is 13.8. The molecule has 0 spiro atoms. The molecule has 1 nitrogen and oxygen atoms in total. The van der Waals surface area contributed by atoms with E-state index in [9.17, 15) is 13.6 Å². The van der Waals surface area contributed by atoms with Crippen LogP contribution < -0.4 is 0 Å². The van der Waals surface area contributed by atoms with Crippen molar-refractivity contribution in [3.05, 3.63) is 70.2 Å². The van der Waals surface area contributed by atoms with Crippen molar-refractivity contribution in [2.45, 2.75) is 12.8 Å². The van der Waals surface area contributed by atoms with Crippen LogP contribution in [-0.4, -0.2) is 5.78 Å². The molecule has 4 heteroatoms. The van der Waals surface area contributed by atoms with Gasteiger partial charge in [0.05, 0.1) is 0 Å². The van der Waals surface area contributed by atoms with Crippen LogP contribution in [0, 0.1) is 11.6 Å². The molecule has 0 aliphatic heterocycles. The third-order valence-corrected chi connectivity index (χ3v) is 3.10. The van der Waals surface area contributed by atoms with Gasteiger partial charge in [0.15, 0.2) is 11.6 Å². The standard InChI is InChI=1S/C15H11ClF2O/c16-13-4-2-1-3-11(13)9-12(19)7-10-5-6-14(17)15(18)8-10/h1-6,8H,7,9H2. The summed E-state index contributed by atoms with van der Waals surface area (Å²) in [4.78, 5) is 11.9. The second-order valence-electron chi connectivity index (χ2n) is 4.23. The molecule has 0 radical (unpaired) electrons. The summed E-state index contributed by atoms with van der Waals surface area (Å²) in [6.07, 6.45) is 0.237. The monoisotopic (exact) mass is 280 g/mol. The summed E-state index contributed by atoms with van der Waals surface area (Å²) < 4.78 is 25.8. The van der Waals surface area contributed by atoms with E-state index in [1.54, 1.807) is 24.3 Å². The number of benzene rings is 2. The van der Waals surface area contributed by atoms with Gasteiger partial charge in [0.25, 0.3) is 0 Å². The average Bonchev–Trinajstić information content (AvgIpc) is 2.37. The highest BCUT2D eigenvalue weighted by molar-refractivity contribution is 6.31. The van der Waals surface area contributed by atoms with Crippen molar-refractivity contribution in [1.29, 1.82) is 0 Å². The van der Waals surface area contributed by atoms with E-state index in [4.69, 9.17) is 11.6 Å². The summed E-state index contributed by atoms with van der Waals surface area (Å²) in [6.45, 7) is 0. The second kappa shape index (κ2) is 5.93. The highest BCUT2D eigenvalue weighted by Gasteiger charge is 2.09. The van der Waals surface area contributed by atoms with Gasteiger partial charge in [-0.1, -0.05) is 35.9 Å². The molecule has 0 N–H and O–H groups in total. The normalized spacial score (nSPS) is 10.5. The molecule has 98 valence electrons. The van der Waals surface area contributed by atoms with Gasteiger partial charge in [0.2, 0.25) is 0 Å². The number of carbonyl (C=O) groups is 1. The van der Waals surface area contributed by atoms with Gasteiger partial charge in [-0.3, -0.25) is 4.79 Å². The summed E-state index contributed by atoms with van der Waals surface area (Å²) in [5.41, 5.74) is 1.19. The van der Waals surface area contributed by atoms with Crippen LogP contribution in [-0.2, 0) is 17.6 Å². The van der Waals surface area contributed by atoms with E-state index < -0.39 is 11.6 Å². The minimum atomic E-state index is -0.942. The summed E-state index contributed by atoms with van der Waals surface area (Å²) in [6, 6.07) is 10.5. The van der Waals surface area contributed by atoms with Crippen LogP contribution in [0.1, 0.15) is 11.1 Å². The Morgan fingerprint density at radius 1 is 1.00 bits per heavy atom. The van der Waals surface area contributed by atoms with Gasteiger partial charge >= 0.3 is 0 Å². The Morgan fingerprint density at radius 2 is 1.74 bits per heavy atom. The quantitative estimate of drug-likeness (QED) is 0.828. The summed E-state index contributed by atoms with van der Waals surface area (Å²) in [7, 11) is 0. The third kappa shape index (κ3) is 3.61. The van der Waals surface area contributed by atoms with Crippen molar-refractivity contribution in [3.8, 4) is 0 Å². The predicted molar refractivity (Wildman–Crippen MR) is 70.2 cm³/mol. The Bertz CT molecular complexity index is 611. The molecule has 0 unspecified atom stereocenters. The number of ketones is 1. The van der Waals surface area contributed by atoms with Crippen molar-refractivity contribution in [1.82, 2.24) is 0 Å². The molecule has 0 aliphatic carbocycles. The second-order valence-corrected chi connectivity index (χ2v) is 4.64. The molecule has 0 atom stereocenters. The van der Waals surface area contributed by atoms with E-state index >= 15 is 0 Å². The molecular weight excluding hydrogens is 270 g/mol. The number of Topliss-reactive ketones (excluding diaryl/α,β-unsaturated/α-hetero) is 1. The van der Waals surface area contributed by atoms with Gasteiger partial charge < -0.3 is 0 Å². The molecule has 0 heterocycles. The fourth-order valence-corrected chi connectivity index (χ4v) is 2.00. The Hall–Kier alpha value is -1.74. The average molecular weight is 281 g/mol. The van der Waals surface area contributed by atoms with Crippen LogP contribution >= 0.6 is 11.6 Å². The first-order valence-corrected chi connectivity index (χ1v) is 6.13. The van der Waals surface area contributed by atoms with E-state index in [1.165, 1.54) is 6.07 Å². The first kappa shape index (κ1) is 13.7. The lowest BCUT2D eigenvalue weighted by molar-refractivity contribution is -0.117. The first-order valence-electron chi connectivity index (χ1n) is 5.75. The molecule has 0 aliphatic rings. The summed E-state index contributed by atoms with van der Waals surface area (Å²) >= 11 is 5.96. The number of halogens is 3. The van der Waals surface area contributed by atoms with Gasteiger partial charge in [0, 0.05) is 17.9 Å². The Balaban J connectivity index is 2.05. The Labute approximate surface area is 114 Å². The number of carbonyl (C=O) groups excluding carboxylic acids is 1. The van der Waals surface area contributed by atoms with Crippen LogP contribution in [0.2, 0.25) is 5.02 Å². The SMILES string of the molecule is O=C(Cc1ccc(F)c(F)c1)Cc1ccccc1Cl. The van der Waals surface area contributed by atoms with Crippen LogP contribution in [0.3, 0.4) is 0 Å². The maximum absolute atomic E-state index is 13.0. The maximum atomic E-state index is 13.0. The highest BCUT2D eigenvalue weighted by Crippen LogP contribution is 2.17. The van der Waals surface area contributed by atoms with Gasteiger partial charge in [-0.25, -0.2) is 8.78 Å². The highest BCUT2D eigenvalue weighted by atomic mass is 35.5. The van der Waals surface area contributed by atoms with E-state index in [0.717, 1.165) is 17.7 Å². The zero-order valence-corrected chi connectivity index (χ0v) is 10.8. The van der Waals surface area contributed by atoms with Crippen LogP contribution in [0.5, 0.6) is 0 Å². The summed E-state index contributed by atoms with van der Waals surface area (Å²) in [5.74, 6) is -1.95. The minimum Gasteiger partial charge on any atom is -0.299 e. The topological polar surface area (TPSA) is 17.1 Å². The molecule has 2 rings (SSSR count). The molecule has 2 aromatic rings. The molecule has 0 saturated carbocycles. The minimum absolute atomic E-state index is 0.0580. The molecule has 0 saturated heterocycles. The molecule has 0 amide bonds. The number of hydrogen-bond acceptors (Lipinski definition) is 1. The van der Waals surface area contributed by atoms with Crippen molar-refractivity contribution in [2.75, 3.05) is 0 Å². The third-order valence-electron chi connectivity index (χ3n) is 2.73.